The van der Waals surface area contributed by atoms with Gasteiger partial charge in [0, 0.05) is 63.6 Å². The average molecular weight is 535 g/mol. The van der Waals surface area contributed by atoms with Crippen LogP contribution in [0.3, 0.4) is 0 Å². The van der Waals surface area contributed by atoms with E-state index in [0.29, 0.717) is 12.0 Å². The summed E-state index contributed by atoms with van der Waals surface area (Å²) in [5.41, 5.74) is 14.0. The van der Waals surface area contributed by atoms with Gasteiger partial charge in [-0.15, -0.1) is 0 Å². The average Bonchev–Trinajstić information content (AvgIpc) is 3.65. The Morgan fingerprint density at radius 2 is 1.80 bits per heavy atom. The molecule has 8 bridgehead atoms. The summed E-state index contributed by atoms with van der Waals surface area (Å²) >= 11 is 0. The van der Waals surface area contributed by atoms with E-state index in [0.717, 1.165) is 79.1 Å². The van der Waals surface area contributed by atoms with Crippen LogP contribution in [0.4, 0.5) is 0 Å². The highest BCUT2D eigenvalue weighted by Crippen LogP contribution is 2.44. The van der Waals surface area contributed by atoms with Gasteiger partial charge in [0.25, 0.3) is 0 Å². The van der Waals surface area contributed by atoms with Crippen molar-refractivity contribution >= 4 is 51.0 Å². The third-order valence-electron chi connectivity index (χ3n) is 9.02. The highest BCUT2D eigenvalue weighted by molar-refractivity contribution is 6.13. The second kappa shape index (κ2) is 9.44. The lowest BCUT2D eigenvalue weighted by molar-refractivity contribution is -0.137. The smallest absolute Gasteiger partial charge is 0.303 e. The Hall–Kier alpha value is -4.26. The number of aromatic nitrogens is 4. The van der Waals surface area contributed by atoms with E-state index in [2.05, 4.69) is 62.4 Å². The minimum atomic E-state index is -0.831. The number of nitrogens with zero attached hydrogens (tertiary/aromatic N) is 2. The number of carboxylic acid groups (broad SMARTS) is 1. The number of H-pyrrole nitrogens is 2. The highest BCUT2D eigenvalue weighted by atomic mass is 16.4. The molecule has 7 nitrogen and oxygen atoms in total. The van der Waals surface area contributed by atoms with E-state index >= 15 is 0 Å². The normalized spacial score (nSPS) is 18.1. The predicted octanol–water partition coefficient (Wildman–Crippen LogP) is 7.41. The van der Waals surface area contributed by atoms with Crippen molar-refractivity contribution in [3.8, 4) is 0 Å². The molecule has 3 aromatic rings. The molecule has 2 atom stereocenters. The third-order valence-corrected chi connectivity index (χ3v) is 9.02. The van der Waals surface area contributed by atoms with Crippen LogP contribution in [-0.4, -0.2) is 36.8 Å². The van der Waals surface area contributed by atoms with Crippen molar-refractivity contribution in [2.75, 3.05) is 0 Å². The molecule has 204 valence electrons. The Balaban J connectivity index is 1.77. The Kier molecular flexibility index (Phi) is 6.13. The van der Waals surface area contributed by atoms with Gasteiger partial charge in [-0.25, -0.2) is 4.98 Å². The maximum atomic E-state index is 13.4. The number of rotatable bonds is 5. The van der Waals surface area contributed by atoms with Gasteiger partial charge in [-0.3, -0.25) is 14.6 Å². The minimum absolute atomic E-state index is 0.00526. The van der Waals surface area contributed by atoms with Crippen LogP contribution in [-0.2, 0) is 11.2 Å². The first kappa shape index (κ1) is 26.0. The molecule has 0 fully saturated rings. The summed E-state index contributed by atoms with van der Waals surface area (Å²) in [7, 11) is 0. The molecule has 3 aromatic heterocycles. The predicted molar refractivity (Wildman–Crippen MR) is 159 cm³/mol. The van der Waals surface area contributed by atoms with Crippen LogP contribution in [0, 0.1) is 13.8 Å². The molecule has 0 amide bonds. The molecule has 0 aromatic carbocycles. The van der Waals surface area contributed by atoms with Crippen LogP contribution in [0.15, 0.2) is 24.8 Å². The Morgan fingerprint density at radius 3 is 2.50 bits per heavy atom. The fraction of sp³-hybridized carbons (Fsp3) is 0.333. The van der Waals surface area contributed by atoms with Crippen LogP contribution >= 0.6 is 0 Å². The van der Waals surface area contributed by atoms with Gasteiger partial charge in [0.05, 0.1) is 22.6 Å². The second-order valence-corrected chi connectivity index (χ2v) is 11.2. The zero-order chi connectivity index (χ0) is 28.5. The van der Waals surface area contributed by atoms with Crippen LogP contribution in [0.1, 0.15) is 107 Å². The van der Waals surface area contributed by atoms with Gasteiger partial charge in [0.1, 0.15) is 0 Å². The quantitative estimate of drug-likeness (QED) is 0.316. The lowest BCUT2D eigenvalue weighted by Gasteiger charge is -2.16. The first-order valence-corrected chi connectivity index (χ1v) is 14.0. The van der Waals surface area contributed by atoms with Crippen LogP contribution in [0.25, 0.3) is 39.3 Å². The molecule has 6 rings (SSSR count). The summed E-state index contributed by atoms with van der Waals surface area (Å²) in [5.74, 6) is -0.866. The monoisotopic (exact) mass is 534 g/mol. The van der Waals surface area contributed by atoms with Crippen LogP contribution in [0.2, 0.25) is 0 Å². The summed E-state index contributed by atoms with van der Waals surface area (Å²) in [6.45, 7) is 14.5. The highest BCUT2D eigenvalue weighted by Gasteiger charge is 2.35. The standard InChI is InChI=1S/C33H34N4O3/c1-7-19-15(3)23-12-25-17(5)21(9-10-30(39)40)32(36-25)22-11-29(38)31-18(6)26(37-33(22)31)14-28-20(8-2)16(4)24(35-28)13-27(19)34-23/h7,12-14,17,21,34,37H,1,8-11H2,2-6H3,(H,39,40)/t17-,21-/m0/s1. The molecule has 40 heavy (non-hydrogen) atoms. The van der Waals surface area contributed by atoms with Crippen LogP contribution < -0.4 is 0 Å². The molecule has 0 unspecified atom stereocenters. The topological polar surface area (TPSA) is 112 Å². The summed E-state index contributed by atoms with van der Waals surface area (Å²) in [6.07, 6.45) is 3.47. The first-order chi connectivity index (χ1) is 19.1. The number of hydrogen-bond donors (Lipinski definition) is 3. The Bertz CT molecular complexity index is 1840. The summed E-state index contributed by atoms with van der Waals surface area (Å²) in [5, 5.41) is 9.49. The van der Waals surface area contributed by atoms with E-state index in [1.54, 1.807) is 0 Å². The number of ketones is 1. The van der Waals surface area contributed by atoms with Gasteiger partial charge in [-0.1, -0.05) is 26.5 Å². The molecule has 0 radical (unpaired) electrons. The Morgan fingerprint density at radius 1 is 1.07 bits per heavy atom. The largest absolute Gasteiger partial charge is 0.481 e. The van der Waals surface area contributed by atoms with Crippen molar-refractivity contribution in [3.63, 3.8) is 0 Å². The van der Waals surface area contributed by atoms with E-state index < -0.39 is 5.97 Å². The van der Waals surface area contributed by atoms with E-state index in [-0.39, 0.29) is 30.5 Å². The maximum absolute atomic E-state index is 13.4. The number of carboxylic acids is 1. The van der Waals surface area contributed by atoms with E-state index in [4.69, 9.17) is 9.97 Å². The van der Waals surface area contributed by atoms with E-state index in [1.165, 1.54) is 5.57 Å². The number of carbonyl (C=O) groups excluding carboxylic acids is 1. The van der Waals surface area contributed by atoms with Crippen molar-refractivity contribution in [1.82, 2.24) is 19.9 Å². The number of hydrogen-bond acceptors (Lipinski definition) is 4. The lowest BCUT2D eigenvalue weighted by atomic mass is 9.85. The summed E-state index contributed by atoms with van der Waals surface area (Å²) in [6, 6.07) is 6.21. The lowest BCUT2D eigenvalue weighted by Crippen LogP contribution is -2.08. The molecule has 5 heterocycles. The van der Waals surface area contributed by atoms with Crippen molar-refractivity contribution < 1.29 is 14.7 Å². The zero-order valence-corrected chi connectivity index (χ0v) is 23.7. The molecule has 3 N–H and O–H groups in total. The fourth-order valence-corrected chi connectivity index (χ4v) is 6.71. The molecular weight excluding hydrogens is 500 g/mol. The summed E-state index contributed by atoms with van der Waals surface area (Å²) < 4.78 is 0. The number of aromatic amines is 2. The number of Topliss-reactive ketones (excluding diaryl/α,β-unsaturated/α-hetero) is 1. The van der Waals surface area contributed by atoms with Crippen molar-refractivity contribution in [2.45, 2.75) is 72.1 Å². The van der Waals surface area contributed by atoms with Gasteiger partial charge < -0.3 is 15.1 Å². The SMILES string of the molecule is C=Cc1c(C)c2cc3nc(c4c5[nH]c(cc6nc(cc1[nH]2)C(C)=C6CC)c(C)c5C(=O)C4)[C@@H](CCC(=O)O)[C@@H]3C. The molecule has 0 saturated heterocycles. The molecular formula is C33H34N4O3. The van der Waals surface area contributed by atoms with Gasteiger partial charge in [0.15, 0.2) is 5.78 Å². The van der Waals surface area contributed by atoms with E-state index in [1.807, 2.05) is 13.0 Å². The zero-order valence-electron chi connectivity index (χ0n) is 23.7. The van der Waals surface area contributed by atoms with Gasteiger partial charge in [-0.05, 0) is 74.1 Å². The summed E-state index contributed by atoms with van der Waals surface area (Å²) in [4.78, 5) is 42.2. The second-order valence-electron chi connectivity index (χ2n) is 11.2. The van der Waals surface area contributed by atoms with Gasteiger partial charge >= 0.3 is 5.97 Å². The third kappa shape index (κ3) is 3.86. The number of aliphatic carboxylic acids is 1. The molecule has 2 aliphatic heterocycles. The van der Waals surface area contributed by atoms with Crippen LogP contribution in [0.5, 0.6) is 0 Å². The molecule has 3 aliphatic rings. The fourth-order valence-electron chi connectivity index (χ4n) is 6.71. The number of aryl methyl sites for hydroxylation is 2. The number of fused-ring (bicyclic) bond motifs is 8. The van der Waals surface area contributed by atoms with Gasteiger partial charge in [0.2, 0.25) is 0 Å². The number of nitrogens with one attached hydrogen (secondary N) is 2. The molecule has 0 saturated carbocycles. The minimum Gasteiger partial charge on any atom is -0.481 e. The van der Waals surface area contributed by atoms with Crippen molar-refractivity contribution in [2.24, 2.45) is 0 Å². The van der Waals surface area contributed by atoms with Crippen molar-refractivity contribution in [1.29, 1.82) is 0 Å². The first-order valence-electron chi connectivity index (χ1n) is 14.0. The number of carbonyl (C=O) groups is 2. The number of allylic oxidation sites excluding steroid dienone is 2. The maximum Gasteiger partial charge on any atom is 0.303 e. The Labute approximate surface area is 233 Å². The molecule has 0 spiro atoms. The molecule has 7 heteroatoms. The van der Waals surface area contributed by atoms with E-state index in [9.17, 15) is 14.7 Å². The molecule has 1 aliphatic carbocycles. The van der Waals surface area contributed by atoms with Crippen molar-refractivity contribution in [3.05, 3.63) is 75.4 Å². The van der Waals surface area contributed by atoms with Gasteiger partial charge in [-0.2, -0.15) is 0 Å².